The molecule has 0 aromatic carbocycles. The van der Waals surface area contributed by atoms with Gasteiger partial charge in [-0.05, 0) is 6.42 Å². The highest BCUT2D eigenvalue weighted by Crippen LogP contribution is 1.92. The van der Waals surface area contributed by atoms with Gasteiger partial charge in [-0.1, -0.05) is 6.92 Å². The lowest BCUT2D eigenvalue weighted by Gasteiger charge is -2.09. The zero-order valence-corrected chi connectivity index (χ0v) is 5.68. The van der Waals surface area contributed by atoms with E-state index in [4.69, 9.17) is 11.5 Å². The van der Waals surface area contributed by atoms with Crippen LogP contribution in [0.5, 0.6) is 0 Å². The maximum absolute atomic E-state index is 10.7. The predicted molar refractivity (Wildman–Crippen MR) is 37.1 cm³/mol. The van der Waals surface area contributed by atoms with Crippen molar-refractivity contribution in [3.8, 4) is 0 Å². The van der Waals surface area contributed by atoms with Crippen molar-refractivity contribution >= 4 is 5.78 Å². The molecule has 0 rings (SSSR count). The molecule has 3 N–H and O–H groups in total. The minimum Gasteiger partial charge on any atom is -0.676 e. The molecule has 54 valence electrons. The number of hydrogen-bond acceptors (Lipinski definition) is 2. The van der Waals surface area contributed by atoms with E-state index < -0.39 is 6.04 Å². The predicted octanol–water partition coefficient (Wildman–Crippen LogP) is 0.735. The van der Waals surface area contributed by atoms with Crippen molar-refractivity contribution in [3.05, 3.63) is 5.73 Å². The number of hydrogen-bond donors (Lipinski definition) is 1. The van der Waals surface area contributed by atoms with Gasteiger partial charge < -0.3 is 11.5 Å². The minimum atomic E-state index is -0.551. The Balaban J connectivity index is 3.46. The summed E-state index contributed by atoms with van der Waals surface area (Å²) in [7, 11) is 0. The average molecular weight is 129 g/mol. The van der Waals surface area contributed by atoms with Gasteiger partial charge in [0, 0.05) is 12.5 Å². The Morgan fingerprint density at radius 3 is 2.67 bits per heavy atom. The Morgan fingerprint density at radius 2 is 2.33 bits per heavy atom. The monoisotopic (exact) mass is 129 g/mol. The molecule has 0 aromatic heterocycles. The first kappa shape index (κ1) is 8.59. The second-order valence-electron chi connectivity index (χ2n) is 2.03. The van der Waals surface area contributed by atoms with Gasteiger partial charge in [-0.15, -0.1) is 6.54 Å². The van der Waals surface area contributed by atoms with E-state index in [1.807, 2.05) is 6.92 Å². The van der Waals surface area contributed by atoms with Crippen LogP contribution >= 0.6 is 0 Å². The van der Waals surface area contributed by atoms with E-state index in [1.165, 1.54) is 0 Å². The highest BCUT2D eigenvalue weighted by molar-refractivity contribution is 5.84. The smallest absolute Gasteiger partial charge is 0.147 e. The molecular formula is C6H13N2O-. The Morgan fingerprint density at radius 1 is 1.78 bits per heavy atom. The van der Waals surface area contributed by atoms with Crippen LogP contribution in [0.4, 0.5) is 0 Å². The van der Waals surface area contributed by atoms with Crippen LogP contribution in [0.1, 0.15) is 19.8 Å². The van der Waals surface area contributed by atoms with E-state index in [-0.39, 0.29) is 12.3 Å². The van der Waals surface area contributed by atoms with Crippen LogP contribution in [0.25, 0.3) is 5.73 Å². The lowest BCUT2D eigenvalue weighted by atomic mass is 10.1. The highest BCUT2D eigenvalue weighted by atomic mass is 16.1. The second kappa shape index (κ2) is 4.47. The first-order valence-corrected chi connectivity index (χ1v) is 3.15. The molecule has 0 aliphatic heterocycles. The molecule has 1 atom stereocenters. The summed E-state index contributed by atoms with van der Waals surface area (Å²) in [5.74, 6) is 0.00694. The molecule has 0 bridgehead atoms. The Kier molecular flexibility index (Phi) is 4.26. The zero-order valence-electron chi connectivity index (χ0n) is 5.68. The van der Waals surface area contributed by atoms with Gasteiger partial charge in [0.05, 0.1) is 0 Å². The summed E-state index contributed by atoms with van der Waals surface area (Å²) < 4.78 is 0. The van der Waals surface area contributed by atoms with Gasteiger partial charge in [-0.25, -0.2) is 0 Å². The number of carbonyl (C=O) groups excluding carboxylic acids is 1. The zero-order chi connectivity index (χ0) is 7.28. The first-order valence-electron chi connectivity index (χ1n) is 3.15. The summed E-state index contributed by atoms with van der Waals surface area (Å²) in [6.07, 6.45) is 1.34. The van der Waals surface area contributed by atoms with E-state index >= 15 is 0 Å². The van der Waals surface area contributed by atoms with Gasteiger partial charge in [0.2, 0.25) is 0 Å². The molecule has 0 fully saturated rings. The van der Waals surface area contributed by atoms with Crippen molar-refractivity contribution in [2.75, 3.05) is 6.54 Å². The van der Waals surface area contributed by atoms with Gasteiger partial charge in [0.1, 0.15) is 5.78 Å². The van der Waals surface area contributed by atoms with Crippen molar-refractivity contribution in [2.24, 2.45) is 5.73 Å². The van der Waals surface area contributed by atoms with Crippen molar-refractivity contribution < 1.29 is 4.79 Å². The van der Waals surface area contributed by atoms with Crippen LogP contribution in [0.2, 0.25) is 0 Å². The molecule has 0 aromatic rings. The van der Waals surface area contributed by atoms with Crippen molar-refractivity contribution in [1.29, 1.82) is 0 Å². The van der Waals surface area contributed by atoms with Crippen LogP contribution < -0.4 is 5.73 Å². The summed E-state index contributed by atoms with van der Waals surface area (Å²) >= 11 is 0. The lowest BCUT2D eigenvalue weighted by molar-refractivity contribution is -0.119. The van der Waals surface area contributed by atoms with Gasteiger partial charge >= 0.3 is 0 Å². The maximum atomic E-state index is 10.7. The molecule has 0 amide bonds. The molecule has 0 saturated carbocycles. The maximum Gasteiger partial charge on any atom is 0.147 e. The standard InChI is InChI=1S/C6H13N2O/c1-2-3-6(9)5(8)4-7/h5,7H,2-4,8H2,1H3/q-1. The second-order valence-corrected chi connectivity index (χ2v) is 2.03. The van der Waals surface area contributed by atoms with E-state index in [9.17, 15) is 4.79 Å². The highest BCUT2D eigenvalue weighted by Gasteiger charge is 2.05. The number of Topliss-reactive ketones (excluding diaryl/α,β-unsaturated/α-hetero) is 1. The molecular weight excluding hydrogens is 116 g/mol. The fourth-order valence-corrected chi connectivity index (χ4v) is 0.546. The molecule has 0 radical (unpaired) electrons. The Bertz CT molecular complexity index is 93.1. The summed E-state index contributed by atoms with van der Waals surface area (Å²) in [6, 6.07) is -0.551. The molecule has 9 heavy (non-hydrogen) atoms. The molecule has 0 aliphatic carbocycles. The molecule has 3 heteroatoms. The van der Waals surface area contributed by atoms with Crippen LogP contribution in [0.15, 0.2) is 0 Å². The molecule has 0 aliphatic rings. The molecule has 0 spiro atoms. The van der Waals surface area contributed by atoms with Crippen LogP contribution in [0, 0.1) is 0 Å². The third-order valence-electron chi connectivity index (χ3n) is 1.13. The number of rotatable bonds is 4. The minimum absolute atomic E-state index is 0.00694. The fraction of sp³-hybridized carbons (Fsp3) is 0.833. The molecule has 1 unspecified atom stereocenters. The van der Waals surface area contributed by atoms with Crippen molar-refractivity contribution in [1.82, 2.24) is 0 Å². The quantitative estimate of drug-likeness (QED) is 0.608. The molecule has 0 saturated heterocycles. The van der Waals surface area contributed by atoms with E-state index in [0.717, 1.165) is 6.42 Å². The summed E-state index contributed by atoms with van der Waals surface area (Å²) in [4.78, 5) is 10.7. The summed E-state index contributed by atoms with van der Waals surface area (Å²) in [5, 5.41) is 0. The van der Waals surface area contributed by atoms with Gasteiger partial charge in [0.15, 0.2) is 0 Å². The molecule has 0 heterocycles. The topological polar surface area (TPSA) is 66.9 Å². The number of ketones is 1. The van der Waals surface area contributed by atoms with Crippen LogP contribution in [0.3, 0.4) is 0 Å². The third-order valence-corrected chi connectivity index (χ3v) is 1.13. The number of carbonyl (C=O) groups is 1. The summed E-state index contributed by atoms with van der Waals surface area (Å²) in [6.45, 7) is 1.94. The largest absolute Gasteiger partial charge is 0.676 e. The van der Waals surface area contributed by atoms with Gasteiger partial charge in [0.25, 0.3) is 0 Å². The SMILES string of the molecule is CCCC(=O)C(N)C[NH-]. The van der Waals surface area contributed by atoms with Crippen molar-refractivity contribution in [2.45, 2.75) is 25.8 Å². The first-order chi connectivity index (χ1) is 4.22. The van der Waals surface area contributed by atoms with Crippen LogP contribution in [-0.2, 0) is 4.79 Å². The third kappa shape index (κ3) is 3.21. The Hall–Kier alpha value is -0.410. The summed E-state index contributed by atoms with van der Waals surface area (Å²) in [5.41, 5.74) is 12.0. The lowest BCUT2D eigenvalue weighted by Crippen LogP contribution is -2.32. The number of nitrogens with one attached hydrogen (secondary N) is 1. The van der Waals surface area contributed by atoms with E-state index in [1.54, 1.807) is 0 Å². The van der Waals surface area contributed by atoms with Crippen LogP contribution in [-0.4, -0.2) is 18.4 Å². The molecule has 3 nitrogen and oxygen atoms in total. The normalized spacial score (nSPS) is 13.2. The van der Waals surface area contributed by atoms with E-state index in [0.29, 0.717) is 6.42 Å². The Labute approximate surface area is 55.4 Å². The van der Waals surface area contributed by atoms with E-state index in [2.05, 4.69) is 0 Å². The average Bonchev–Trinajstić information content (AvgIpc) is 1.87. The van der Waals surface area contributed by atoms with Gasteiger partial charge in [-0.2, -0.15) is 0 Å². The van der Waals surface area contributed by atoms with Gasteiger partial charge in [-0.3, -0.25) is 4.79 Å². The number of nitrogens with two attached hydrogens (primary N) is 1. The fourth-order valence-electron chi connectivity index (χ4n) is 0.546. The van der Waals surface area contributed by atoms with Crippen molar-refractivity contribution in [3.63, 3.8) is 0 Å².